The van der Waals surface area contributed by atoms with Crippen LogP contribution in [0.25, 0.3) is 0 Å². The Morgan fingerprint density at radius 3 is 1.77 bits per heavy atom. The summed E-state index contributed by atoms with van der Waals surface area (Å²) in [6, 6.07) is -4.75. The molecule has 0 radical (unpaired) electrons. The maximum absolute atomic E-state index is 12.7. The predicted octanol–water partition coefficient (Wildman–Crippen LogP) is -10.1. The second kappa shape index (κ2) is 21.0. The van der Waals surface area contributed by atoms with Crippen LogP contribution in [0.3, 0.4) is 0 Å². The fourth-order valence-corrected chi connectivity index (χ4v) is 7.34. The van der Waals surface area contributed by atoms with Gasteiger partial charge >= 0.3 is 5.97 Å². The number of nitrogens with one attached hydrogen (secondary N) is 3. The lowest BCUT2D eigenvalue weighted by molar-refractivity contribution is -0.367. The number of amides is 3. The predicted molar refractivity (Wildman–Crippen MR) is 186 cm³/mol. The maximum atomic E-state index is 12.7. The molecule has 0 bridgehead atoms. The van der Waals surface area contributed by atoms with Crippen molar-refractivity contribution in [1.29, 1.82) is 0 Å². The molecule has 3 amide bonds. The van der Waals surface area contributed by atoms with Gasteiger partial charge in [0.1, 0.15) is 91.4 Å². The molecule has 27 nitrogen and oxygen atoms in total. The van der Waals surface area contributed by atoms with E-state index < -0.39 is 185 Å². The number of hydrogen-bond donors (Lipinski definition) is 16. The molecule has 0 saturated carbocycles. The summed E-state index contributed by atoms with van der Waals surface area (Å²) in [5.41, 5.74) is 0. The standard InChI is InChI=1S/C33H55N3O24/c1-9(40)34-17-12(43)4-33(32(52)53,60-28(17)20(45)13(44)5-37)54-8-16-22(47)27(19(29(51)55-16)36-11(3)42)59-31-25(50)24(49)26(15(7-39)57-31)58-30-18(35-10(2)41)23(48)21(46)14(6-38)56-30/h12-31,37-39,43-51H,4-8H2,1-3H3,(H,34,40)(H,35,41)(H,36,42)(H,52,53)/t12-,13+,14+,15+,16+,17+,18+,19+,20+,21-,22-,23+,24+,25+,26-,27+,28+,29?,30+,31-,33+/m0/s1. The zero-order valence-corrected chi connectivity index (χ0v) is 32.4. The molecule has 60 heavy (non-hydrogen) atoms. The van der Waals surface area contributed by atoms with Gasteiger partial charge in [0.15, 0.2) is 18.9 Å². The second-order valence-electron chi connectivity index (χ2n) is 14.8. The molecule has 16 N–H and O–H groups in total. The van der Waals surface area contributed by atoms with Crippen molar-refractivity contribution in [2.45, 2.75) is 155 Å². The van der Waals surface area contributed by atoms with E-state index in [-0.39, 0.29) is 0 Å². The number of carbonyl (C=O) groups is 4. The highest BCUT2D eigenvalue weighted by atomic mass is 16.8. The average Bonchev–Trinajstić information content (AvgIpc) is 3.18. The number of carboxylic acids is 1. The lowest BCUT2D eigenvalue weighted by Crippen LogP contribution is -2.70. The summed E-state index contributed by atoms with van der Waals surface area (Å²) < 4.78 is 39.2. The molecule has 4 rings (SSSR count). The van der Waals surface area contributed by atoms with Gasteiger partial charge in [0.25, 0.3) is 5.79 Å². The van der Waals surface area contributed by atoms with Crippen molar-refractivity contribution in [2.24, 2.45) is 0 Å². The first-order chi connectivity index (χ1) is 28.1. The van der Waals surface area contributed by atoms with Crippen LogP contribution in [-0.2, 0) is 52.3 Å². The average molecular weight is 878 g/mol. The van der Waals surface area contributed by atoms with E-state index >= 15 is 0 Å². The van der Waals surface area contributed by atoms with Gasteiger partial charge in [-0.1, -0.05) is 0 Å². The largest absolute Gasteiger partial charge is 0.477 e. The smallest absolute Gasteiger partial charge is 0.364 e. The normalized spacial score (nSPS) is 43.3. The van der Waals surface area contributed by atoms with Crippen molar-refractivity contribution in [3.8, 4) is 0 Å². The SMILES string of the molecule is CC(=O)N[C@H]1[C@@H](O[C@@H]2[C@H](O)[C@@H](O)[C@H](O[C@H]3[C@@H](O)[C@@H](CO[C@]4(C(=O)O)C[C@H](O)[C@@H](NC(C)=O)[C@H]([C@H](O)[C@H](O)CO)O4)OC(O)[C@@H]3NC(C)=O)O[C@@H]2CO)O[C@H](CO)[C@H](O)[C@@H]1O. The third kappa shape index (κ3) is 11.0. The fraction of sp³-hybridized carbons (Fsp3) is 0.879. The number of aliphatic carboxylic acids is 1. The summed E-state index contributed by atoms with van der Waals surface area (Å²) in [5, 5.41) is 144. The first-order valence-electron chi connectivity index (χ1n) is 18.7. The quantitative estimate of drug-likeness (QED) is 0.0684. The summed E-state index contributed by atoms with van der Waals surface area (Å²) in [7, 11) is 0. The molecule has 0 aromatic rings. The highest BCUT2D eigenvalue weighted by molar-refractivity contribution is 5.76. The lowest BCUT2D eigenvalue weighted by Gasteiger charge is -2.49. The van der Waals surface area contributed by atoms with Crippen LogP contribution in [-0.4, -0.2) is 245 Å². The van der Waals surface area contributed by atoms with E-state index in [9.17, 15) is 85.6 Å². The lowest BCUT2D eigenvalue weighted by atomic mass is 9.88. The van der Waals surface area contributed by atoms with Gasteiger partial charge in [0, 0.05) is 27.2 Å². The van der Waals surface area contributed by atoms with Gasteiger partial charge in [-0.15, -0.1) is 0 Å². The van der Waals surface area contributed by atoms with Gasteiger partial charge in [-0.2, -0.15) is 0 Å². The van der Waals surface area contributed by atoms with Crippen LogP contribution in [0.2, 0.25) is 0 Å². The Balaban J connectivity index is 1.57. The molecule has 0 spiro atoms. The number of rotatable bonds is 16. The Morgan fingerprint density at radius 1 is 0.667 bits per heavy atom. The number of aliphatic hydroxyl groups excluding tert-OH is 12. The van der Waals surface area contributed by atoms with Gasteiger partial charge in [-0.05, 0) is 0 Å². The molecule has 4 fully saturated rings. The Morgan fingerprint density at radius 2 is 1.22 bits per heavy atom. The van der Waals surface area contributed by atoms with Gasteiger partial charge in [0.2, 0.25) is 17.7 Å². The van der Waals surface area contributed by atoms with Crippen LogP contribution in [0.15, 0.2) is 0 Å². The van der Waals surface area contributed by atoms with Crippen molar-refractivity contribution >= 4 is 23.7 Å². The molecular formula is C33H55N3O24. The Kier molecular flexibility index (Phi) is 17.4. The highest BCUT2D eigenvalue weighted by Gasteiger charge is 2.58. The van der Waals surface area contributed by atoms with Crippen molar-refractivity contribution < 1.29 is 119 Å². The van der Waals surface area contributed by atoms with Crippen LogP contribution in [0.5, 0.6) is 0 Å². The molecule has 4 aliphatic heterocycles. The van der Waals surface area contributed by atoms with E-state index in [1.165, 1.54) is 0 Å². The molecule has 4 saturated heterocycles. The van der Waals surface area contributed by atoms with Crippen LogP contribution in [0.1, 0.15) is 27.2 Å². The minimum atomic E-state index is -2.92. The van der Waals surface area contributed by atoms with Gasteiger partial charge in [-0.25, -0.2) is 4.79 Å². The maximum Gasteiger partial charge on any atom is 0.364 e. The van der Waals surface area contributed by atoms with Crippen LogP contribution < -0.4 is 16.0 Å². The second-order valence-corrected chi connectivity index (χ2v) is 14.8. The van der Waals surface area contributed by atoms with Crippen LogP contribution in [0, 0.1) is 0 Å². The molecule has 21 atom stereocenters. The summed E-state index contributed by atoms with van der Waals surface area (Å²) >= 11 is 0. The minimum Gasteiger partial charge on any atom is -0.477 e. The van der Waals surface area contributed by atoms with E-state index in [1.54, 1.807) is 0 Å². The van der Waals surface area contributed by atoms with Crippen LogP contribution >= 0.6 is 0 Å². The molecule has 0 aromatic heterocycles. The van der Waals surface area contributed by atoms with Crippen molar-refractivity contribution in [3.05, 3.63) is 0 Å². The third-order valence-corrected chi connectivity index (χ3v) is 10.4. The monoisotopic (exact) mass is 877 g/mol. The number of carbonyl (C=O) groups excluding carboxylic acids is 3. The summed E-state index contributed by atoms with van der Waals surface area (Å²) in [6.45, 7) is -0.803. The van der Waals surface area contributed by atoms with Crippen LogP contribution in [0.4, 0.5) is 0 Å². The van der Waals surface area contributed by atoms with E-state index in [4.69, 9.17) is 33.2 Å². The summed E-state index contributed by atoms with van der Waals surface area (Å²) in [6.07, 6.45) is -33.1. The Labute approximate surface area is 340 Å². The van der Waals surface area contributed by atoms with Crippen molar-refractivity contribution in [2.75, 3.05) is 26.4 Å². The Hall–Kier alpha value is -2.88. The summed E-state index contributed by atoms with van der Waals surface area (Å²) in [4.78, 5) is 48.6. The van der Waals surface area contributed by atoms with Crippen molar-refractivity contribution in [1.82, 2.24) is 16.0 Å². The molecule has 27 heteroatoms. The topological polar surface area (TPSA) is 432 Å². The van der Waals surface area contributed by atoms with Gasteiger partial charge in [-0.3, -0.25) is 14.4 Å². The number of carboxylic acid groups (broad SMARTS) is 1. The highest BCUT2D eigenvalue weighted by Crippen LogP contribution is 2.36. The molecule has 0 aliphatic carbocycles. The molecule has 0 aromatic carbocycles. The third-order valence-electron chi connectivity index (χ3n) is 10.4. The molecule has 346 valence electrons. The molecule has 4 heterocycles. The van der Waals surface area contributed by atoms with Gasteiger partial charge < -0.3 is 115 Å². The molecule has 1 unspecified atom stereocenters. The van der Waals surface area contributed by atoms with E-state index in [2.05, 4.69) is 16.0 Å². The van der Waals surface area contributed by atoms with E-state index in [0.717, 1.165) is 20.8 Å². The molecule has 4 aliphatic rings. The van der Waals surface area contributed by atoms with E-state index in [0.29, 0.717) is 0 Å². The van der Waals surface area contributed by atoms with Gasteiger partial charge in [0.05, 0.1) is 38.6 Å². The first-order valence-corrected chi connectivity index (χ1v) is 18.7. The number of ether oxygens (including phenoxy) is 7. The number of hydrogen-bond acceptors (Lipinski definition) is 23. The Bertz CT molecular complexity index is 1470. The van der Waals surface area contributed by atoms with E-state index in [1.807, 2.05) is 0 Å². The molecular weight excluding hydrogens is 822 g/mol. The van der Waals surface area contributed by atoms with Crippen molar-refractivity contribution in [3.63, 3.8) is 0 Å². The minimum absolute atomic E-state index is 0.716. The zero-order chi connectivity index (χ0) is 45.0. The summed E-state index contributed by atoms with van der Waals surface area (Å²) in [5.74, 6) is -7.12. The first kappa shape index (κ1) is 49.8. The fourth-order valence-electron chi connectivity index (χ4n) is 7.34. The number of aliphatic hydroxyl groups is 12. The zero-order valence-electron chi connectivity index (χ0n) is 32.4.